The van der Waals surface area contributed by atoms with E-state index < -0.39 is 0 Å². The molecule has 0 unspecified atom stereocenters. The first-order chi connectivity index (χ1) is 13.0. The minimum atomic E-state index is -0.139. The molecule has 0 aliphatic heterocycles. The van der Waals surface area contributed by atoms with Crippen molar-refractivity contribution < 1.29 is 0 Å². The zero-order chi connectivity index (χ0) is 20.7. The molecule has 0 saturated carbocycles. The van der Waals surface area contributed by atoms with Gasteiger partial charge in [-0.15, -0.1) is 0 Å². The van der Waals surface area contributed by atoms with Gasteiger partial charge < -0.3 is 11.5 Å². The summed E-state index contributed by atoms with van der Waals surface area (Å²) in [7, 11) is 0. The summed E-state index contributed by atoms with van der Waals surface area (Å²) in [5.41, 5.74) is 21.0. The van der Waals surface area contributed by atoms with Gasteiger partial charge in [0.25, 0.3) is 0 Å². The van der Waals surface area contributed by atoms with Gasteiger partial charge in [0.1, 0.15) is 0 Å². The van der Waals surface area contributed by atoms with Crippen molar-refractivity contribution in [3.8, 4) is 0 Å². The molecule has 146 valence electrons. The third-order valence-electron chi connectivity index (χ3n) is 6.31. The van der Waals surface area contributed by atoms with Crippen LogP contribution in [0.2, 0.25) is 0 Å². The van der Waals surface area contributed by atoms with E-state index in [-0.39, 0.29) is 10.8 Å². The number of hydrogen-bond donors (Lipinski definition) is 2. The molecule has 0 saturated heterocycles. The first-order valence-electron chi connectivity index (χ1n) is 9.87. The van der Waals surface area contributed by atoms with Crippen LogP contribution < -0.4 is 11.5 Å². The number of aryl methyl sites for hydroxylation is 2. The van der Waals surface area contributed by atoms with Crippen LogP contribution in [0.1, 0.15) is 61.1 Å². The Morgan fingerprint density at radius 3 is 1.25 bits per heavy atom. The fourth-order valence-electron chi connectivity index (χ4n) is 3.69. The smallest absolute Gasteiger partial charge is 0.0346 e. The molecule has 0 heterocycles. The molecule has 3 rings (SSSR count). The van der Waals surface area contributed by atoms with E-state index in [1.165, 1.54) is 22.3 Å². The Morgan fingerprint density at radius 1 is 0.536 bits per heavy atom. The van der Waals surface area contributed by atoms with Gasteiger partial charge in [0.2, 0.25) is 0 Å². The highest BCUT2D eigenvalue weighted by molar-refractivity contribution is 5.54. The van der Waals surface area contributed by atoms with Gasteiger partial charge in [-0.2, -0.15) is 0 Å². The Balaban J connectivity index is 2.05. The van der Waals surface area contributed by atoms with E-state index in [2.05, 4.69) is 88.4 Å². The van der Waals surface area contributed by atoms with E-state index in [0.717, 1.165) is 22.5 Å². The van der Waals surface area contributed by atoms with Gasteiger partial charge in [-0.05, 0) is 59.4 Å². The predicted octanol–water partition coefficient (Wildman–Crippen LogP) is 6.12. The largest absolute Gasteiger partial charge is 0.399 e. The summed E-state index contributed by atoms with van der Waals surface area (Å²) in [5.74, 6) is 0. The van der Waals surface area contributed by atoms with Crippen LogP contribution in [0.4, 0.5) is 11.4 Å². The Hall–Kier alpha value is -2.74. The lowest BCUT2D eigenvalue weighted by atomic mass is 9.73. The minimum absolute atomic E-state index is 0.139. The Kier molecular flexibility index (Phi) is 5.01. The Morgan fingerprint density at radius 2 is 0.893 bits per heavy atom. The lowest BCUT2D eigenvalue weighted by Crippen LogP contribution is -2.23. The number of hydrogen-bond acceptors (Lipinski definition) is 2. The van der Waals surface area contributed by atoms with Gasteiger partial charge in [0, 0.05) is 22.2 Å². The lowest BCUT2D eigenvalue weighted by molar-refractivity contribution is 0.617. The highest BCUT2D eigenvalue weighted by Crippen LogP contribution is 2.38. The molecule has 0 fully saturated rings. The van der Waals surface area contributed by atoms with Crippen molar-refractivity contribution in [2.24, 2.45) is 0 Å². The molecule has 3 aromatic carbocycles. The molecule has 0 aliphatic rings. The predicted molar refractivity (Wildman–Crippen MR) is 122 cm³/mol. The fourth-order valence-corrected chi connectivity index (χ4v) is 3.69. The fraction of sp³-hybridized carbons (Fsp3) is 0.308. The first-order valence-corrected chi connectivity index (χ1v) is 9.87. The van der Waals surface area contributed by atoms with Crippen molar-refractivity contribution in [3.05, 3.63) is 94.0 Å². The van der Waals surface area contributed by atoms with Gasteiger partial charge in [0.05, 0.1) is 0 Å². The maximum Gasteiger partial charge on any atom is 0.0346 e. The van der Waals surface area contributed by atoms with E-state index >= 15 is 0 Å². The van der Waals surface area contributed by atoms with Gasteiger partial charge in [-0.3, -0.25) is 0 Å². The molecule has 0 spiro atoms. The van der Waals surface area contributed by atoms with Crippen LogP contribution >= 0.6 is 0 Å². The molecular formula is C26H32N2. The second kappa shape index (κ2) is 7.01. The summed E-state index contributed by atoms with van der Waals surface area (Å²) >= 11 is 0. The van der Waals surface area contributed by atoms with Gasteiger partial charge >= 0.3 is 0 Å². The second-order valence-corrected chi connectivity index (χ2v) is 8.97. The molecule has 4 N–H and O–H groups in total. The zero-order valence-corrected chi connectivity index (χ0v) is 17.9. The molecule has 0 radical (unpaired) electrons. The summed E-state index contributed by atoms with van der Waals surface area (Å²) in [6.45, 7) is 13.1. The standard InChI is InChI=1S/C26H32N2/c1-17-10-12-21(15-23(17)27)25(3,4)19-8-7-9-20(14-19)26(5,6)22-13-11-18(2)24(28)16-22/h7-16H,27-28H2,1-6H3. The summed E-state index contributed by atoms with van der Waals surface area (Å²) < 4.78 is 0. The minimum Gasteiger partial charge on any atom is -0.399 e. The molecule has 0 bridgehead atoms. The molecule has 2 nitrogen and oxygen atoms in total. The Bertz CT molecular complexity index is 934. The molecule has 0 aromatic heterocycles. The monoisotopic (exact) mass is 372 g/mol. The van der Waals surface area contributed by atoms with Crippen LogP contribution in [0.5, 0.6) is 0 Å². The van der Waals surface area contributed by atoms with Crippen molar-refractivity contribution in [3.63, 3.8) is 0 Å². The van der Waals surface area contributed by atoms with E-state index in [4.69, 9.17) is 11.5 Å². The zero-order valence-electron chi connectivity index (χ0n) is 17.9. The van der Waals surface area contributed by atoms with Crippen molar-refractivity contribution in [2.75, 3.05) is 11.5 Å². The van der Waals surface area contributed by atoms with Crippen molar-refractivity contribution in [2.45, 2.75) is 52.4 Å². The SMILES string of the molecule is Cc1ccc(C(C)(C)c2cccc(C(C)(C)c3ccc(C)c(N)c3)c2)cc1N. The third kappa shape index (κ3) is 3.52. The van der Waals surface area contributed by atoms with E-state index in [1.807, 2.05) is 13.8 Å². The summed E-state index contributed by atoms with van der Waals surface area (Å²) in [6.07, 6.45) is 0. The average Bonchev–Trinajstić information content (AvgIpc) is 2.66. The van der Waals surface area contributed by atoms with E-state index in [9.17, 15) is 0 Å². The molecule has 3 aromatic rings. The van der Waals surface area contributed by atoms with Crippen LogP contribution in [-0.2, 0) is 10.8 Å². The average molecular weight is 373 g/mol. The van der Waals surface area contributed by atoms with Gasteiger partial charge in [-0.25, -0.2) is 0 Å². The van der Waals surface area contributed by atoms with Crippen molar-refractivity contribution in [1.29, 1.82) is 0 Å². The van der Waals surface area contributed by atoms with Crippen LogP contribution in [0.3, 0.4) is 0 Å². The quantitative estimate of drug-likeness (QED) is 0.542. The van der Waals surface area contributed by atoms with E-state index in [1.54, 1.807) is 0 Å². The molecule has 0 amide bonds. The number of nitrogens with two attached hydrogens (primary N) is 2. The van der Waals surface area contributed by atoms with Crippen LogP contribution in [-0.4, -0.2) is 0 Å². The van der Waals surface area contributed by atoms with Crippen LogP contribution in [0.25, 0.3) is 0 Å². The van der Waals surface area contributed by atoms with Gasteiger partial charge in [0.15, 0.2) is 0 Å². The summed E-state index contributed by atoms with van der Waals surface area (Å²) in [5, 5.41) is 0. The first kappa shape index (κ1) is 20.0. The molecule has 0 atom stereocenters. The topological polar surface area (TPSA) is 52.0 Å². The van der Waals surface area contributed by atoms with Crippen LogP contribution in [0.15, 0.2) is 60.7 Å². The lowest BCUT2D eigenvalue weighted by Gasteiger charge is -2.31. The van der Waals surface area contributed by atoms with Crippen LogP contribution in [0, 0.1) is 13.8 Å². The highest BCUT2D eigenvalue weighted by atomic mass is 14.6. The van der Waals surface area contributed by atoms with Crippen molar-refractivity contribution in [1.82, 2.24) is 0 Å². The van der Waals surface area contributed by atoms with Gasteiger partial charge in [-0.1, -0.05) is 76.2 Å². The molecular weight excluding hydrogens is 340 g/mol. The number of nitrogen functional groups attached to an aromatic ring is 2. The number of rotatable bonds is 4. The number of anilines is 2. The molecule has 2 heteroatoms. The van der Waals surface area contributed by atoms with E-state index in [0.29, 0.717) is 0 Å². The highest BCUT2D eigenvalue weighted by Gasteiger charge is 2.28. The molecule has 0 aliphatic carbocycles. The summed E-state index contributed by atoms with van der Waals surface area (Å²) in [6, 6.07) is 21.7. The normalized spacial score (nSPS) is 12.2. The Labute approximate surface area is 169 Å². The third-order valence-corrected chi connectivity index (χ3v) is 6.31. The summed E-state index contributed by atoms with van der Waals surface area (Å²) in [4.78, 5) is 0. The maximum atomic E-state index is 6.19. The second-order valence-electron chi connectivity index (χ2n) is 8.97. The van der Waals surface area contributed by atoms with Crippen molar-refractivity contribution >= 4 is 11.4 Å². The number of benzene rings is 3. The molecule has 28 heavy (non-hydrogen) atoms. The maximum absolute atomic E-state index is 6.19.